The highest BCUT2D eigenvalue weighted by Gasteiger charge is 2.20. The molecule has 0 heterocycles. The fourth-order valence-electron chi connectivity index (χ4n) is 1.85. The summed E-state index contributed by atoms with van der Waals surface area (Å²) in [4.78, 5) is 13.6. The zero-order chi connectivity index (χ0) is 13.7. The molecule has 4 heteroatoms. The first-order valence-corrected chi connectivity index (χ1v) is 6.30. The van der Waals surface area contributed by atoms with Gasteiger partial charge in [0, 0.05) is 12.2 Å². The molecule has 1 atom stereocenters. The molecule has 0 aliphatic carbocycles. The lowest BCUT2D eigenvalue weighted by molar-refractivity contribution is -0.118. The molecule has 0 N–H and O–H groups in total. The highest BCUT2D eigenvalue weighted by Crippen LogP contribution is 2.20. The Morgan fingerprint density at radius 3 is 2.39 bits per heavy atom. The number of anilines is 1. The summed E-state index contributed by atoms with van der Waals surface area (Å²) < 4.78 is 0. The fraction of sp³-hybridized carbons (Fsp3) is 0.429. The van der Waals surface area contributed by atoms with E-state index in [1.807, 2.05) is 32.0 Å². The molecule has 1 amide bonds. The maximum atomic E-state index is 12.1. The maximum absolute atomic E-state index is 12.1. The molecular weight excluding hydrogens is 248 g/mol. The number of nitriles is 1. The molecule has 0 aliphatic rings. The topological polar surface area (TPSA) is 44.1 Å². The molecule has 0 bridgehead atoms. The van der Waals surface area contributed by atoms with Gasteiger partial charge in [-0.2, -0.15) is 5.26 Å². The number of alkyl halides is 1. The third kappa shape index (κ3) is 3.75. The van der Waals surface area contributed by atoms with Crippen LogP contribution < -0.4 is 4.90 Å². The van der Waals surface area contributed by atoms with Gasteiger partial charge in [0.15, 0.2) is 0 Å². The van der Waals surface area contributed by atoms with Gasteiger partial charge in [0.2, 0.25) is 5.91 Å². The Balaban J connectivity index is 3.09. The van der Waals surface area contributed by atoms with Crippen molar-refractivity contribution in [2.45, 2.75) is 32.6 Å². The molecule has 0 fully saturated rings. The third-order valence-electron chi connectivity index (χ3n) is 2.57. The molecule has 0 spiro atoms. The normalized spacial score (nSPS) is 11.7. The standard InChI is InChI=1S/C14H17ClN2O/c1-10-7-11(2)9-13(8-10)17(6-4-5-16)14(18)12(3)15/h7-9,12H,4,6H2,1-3H3. The predicted molar refractivity (Wildman–Crippen MR) is 73.8 cm³/mol. The van der Waals surface area contributed by atoms with Gasteiger partial charge in [0.25, 0.3) is 0 Å². The molecule has 0 saturated carbocycles. The average molecular weight is 265 g/mol. The monoisotopic (exact) mass is 264 g/mol. The van der Waals surface area contributed by atoms with E-state index in [0.717, 1.165) is 16.8 Å². The fourth-order valence-corrected chi connectivity index (χ4v) is 1.97. The molecule has 1 aromatic rings. The van der Waals surface area contributed by atoms with Gasteiger partial charge in [0.1, 0.15) is 5.38 Å². The van der Waals surface area contributed by atoms with E-state index in [1.54, 1.807) is 11.8 Å². The number of carbonyl (C=O) groups excluding carboxylic acids is 1. The van der Waals surface area contributed by atoms with Gasteiger partial charge in [-0.15, -0.1) is 11.6 Å². The zero-order valence-corrected chi connectivity index (χ0v) is 11.7. The summed E-state index contributed by atoms with van der Waals surface area (Å²) in [5.74, 6) is -0.170. The minimum Gasteiger partial charge on any atom is -0.310 e. The SMILES string of the molecule is Cc1cc(C)cc(N(CCC#N)C(=O)C(C)Cl)c1. The van der Waals surface area contributed by atoms with Crippen molar-refractivity contribution in [2.24, 2.45) is 0 Å². The smallest absolute Gasteiger partial charge is 0.244 e. The van der Waals surface area contributed by atoms with Gasteiger partial charge in [-0.25, -0.2) is 0 Å². The third-order valence-corrected chi connectivity index (χ3v) is 2.76. The van der Waals surface area contributed by atoms with Crippen LogP contribution in [-0.2, 0) is 4.79 Å². The van der Waals surface area contributed by atoms with Crippen molar-refractivity contribution >= 4 is 23.2 Å². The van der Waals surface area contributed by atoms with E-state index in [4.69, 9.17) is 16.9 Å². The van der Waals surface area contributed by atoms with Crippen LogP contribution >= 0.6 is 11.6 Å². The van der Waals surface area contributed by atoms with Gasteiger partial charge in [-0.05, 0) is 44.0 Å². The van der Waals surface area contributed by atoms with E-state index in [0.29, 0.717) is 13.0 Å². The second-order valence-electron chi connectivity index (χ2n) is 4.36. The number of halogens is 1. The van der Waals surface area contributed by atoms with Crippen LogP contribution in [-0.4, -0.2) is 17.8 Å². The highest BCUT2D eigenvalue weighted by molar-refractivity contribution is 6.32. The van der Waals surface area contributed by atoms with Crippen molar-refractivity contribution in [1.29, 1.82) is 5.26 Å². The van der Waals surface area contributed by atoms with Crippen LogP contribution in [0.25, 0.3) is 0 Å². The highest BCUT2D eigenvalue weighted by atomic mass is 35.5. The Hall–Kier alpha value is -1.53. The number of benzene rings is 1. The van der Waals surface area contributed by atoms with Gasteiger partial charge in [-0.1, -0.05) is 6.07 Å². The van der Waals surface area contributed by atoms with Crippen molar-refractivity contribution in [3.8, 4) is 6.07 Å². The summed E-state index contributed by atoms with van der Waals surface area (Å²) in [7, 11) is 0. The van der Waals surface area contributed by atoms with Crippen LogP contribution in [0, 0.1) is 25.2 Å². The Kier molecular flexibility index (Phi) is 5.18. The second-order valence-corrected chi connectivity index (χ2v) is 5.01. The number of hydrogen-bond donors (Lipinski definition) is 0. The molecule has 1 aromatic carbocycles. The van der Waals surface area contributed by atoms with Crippen molar-refractivity contribution in [3.05, 3.63) is 29.3 Å². The van der Waals surface area contributed by atoms with Gasteiger partial charge in [-0.3, -0.25) is 4.79 Å². The first-order chi connectivity index (χ1) is 8.45. The lowest BCUT2D eigenvalue weighted by Gasteiger charge is -2.23. The molecule has 0 radical (unpaired) electrons. The van der Waals surface area contributed by atoms with Crippen LogP contribution in [0.3, 0.4) is 0 Å². The minimum atomic E-state index is -0.593. The summed E-state index contributed by atoms with van der Waals surface area (Å²) in [6, 6.07) is 7.96. The Morgan fingerprint density at radius 2 is 1.94 bits per heavy atom. The lowest BCUT2D eigenvalue weighted by Crippen LogP contribution is -2.36. The number of hydrogen-bond acceptors (Lipinski definition) is 2. The molecule has 1 rings (SSSR count). The molecule has 1 unspecified atom stereocenters. The summed E-state index contributed by atoms with van der Waals surface area (Å²) >= 11 is 5.86. The average Bonchev–Trinajstić information content (AvgIpc) is 2.27. The number of nitrogens with zero attached hydrogens (tertiary/aromatic N) is 2. The van der Waals surface area contributed by atoms with Gasteiger partial charge in [0.05, 0.1) is 12.5 Å². The quantitative estimate of drug-likeness (QED) is 0.784. The van der Waals surface area contributed by atoms with Crippen LogP contribution in [0.1, 0.15) is 24.5 Å². The molecule has 18 heavy (non-hydrogen) atoms. The molecule has 3 nitrogen and oxygen atoms in total. The van der Waals surface area contributed by atoms with E-state index in [-0.39, 0.29) is 5.91 Å². The summed E-state index contributed by atoms with van der Waals surface area (Å²) in [5.41, 5.74) is 2.98. The summed E-state index contributed by atoms with van der Waals surface area (Å²) in [6.07, 6.45) is 0.294. The molecular formula is C14H17ClN2O. The minimum absolute atomic E-state index is 0.170. The van der Waals surface area contributed by atoms with E-state index >= 15 is 0 Å². The van der Waals surface area contributed by atoms with Crippen LogP contribution in [0.4, 0.5) is 5.69 Å². The largest absolute Gasteiger partial charge is 0.310 e. The summed E-state index contributed by atoms with van der Waals surface area (Å²) in [5, 5.41) is 8.08. The first kappa shape index (κ1) is 14.5. The lowest BCUT2D eigenvalue weighted by atomic mass is 10.1. The number of aryl methyl sites for hydroxylation is 2. The Morgan fingerprint density at radius 1 is 1.39 bits per heavy atom. The van der Waals surface area contributed by atoms with E-state index < -0.39 is 5.38 Å². The molecule has 96 valence electrons. The van der Waals surface area contributed by atoms with Crippen LogP contribution in [0.15, 0.2) is 18.2 Å². The maximum Gasteiger partial charge on any atom is 0.244 e. The van der Waals surface area contributed by atoms with Crippen LogP contribution in [0.5, 0.6) is 0 Å². The summed E-state index contributed by atoms with van der Waals surface area (Å²) in [6.45, 7) is 5.97. The van der Waals surface area contributed by atoms with Crippen molar-refractivity contribution in [2.75, 3.05) is 11.4 Å². The Labute approximate surface area is 113 Å². The van der Waals surface area contributed by atoms with Crippen molar-refractivity contribution < 1.29 is 4.79 Å². The van der Waals surface area contributed by atoms with Gasteiger partial charge < -0.3 is 4.90 Å². The first-order valence-electron chi connectivity index (χ1n) is 5.86. The molecule has 0 aromatic heterocycles. The van der Waals surface area contributed by atoms with E-state index in [2.05, 4.69) is 6.07 Å². The van der Waals surface area contributed by atoms with E-state index in [1.165, 1.54) is 0 Å². The number of amides is 1. The van der Waals surface area contributed by atoms with Gasteiger partial charge >= 0.3 is 0 Å². The van der Waals surface area contributed by atoms with Crippen LogP contribution in [0.2, 0.25) is 0 Å². The van der Waals surface area contributed by atoms with E-state index in [9.17, 15) is 4.79 Å². The van der Waals surface area contributed by atoms with Crippen molar-refractivity contribution in [1.82, 2.24) is 0 Å². The number of carbonyl (C=O) groups is 1. The van der Waals surface area contributed by atoms with Crippen molar-refractivity contribution in [3.63, 3.8) is 0 Å². The second kappa shape index (κ2) is 6.42. The molecule has 0 saturated heterocycles. The Bertz CT molecular complexity index is 457. The predicted octanol–water partition coefficient (Wildman–Crippen LogP) is 3.18. The molecule has 0 aliphatic heterocycles. The zero-order valence-electron chi connectivity index (χ0n) is 10.9. The number of rotatable bonds is 4.